The standard InChI is InChI=1S/C23H32N4S/c1-18(2)10-8-11-19(3)12-9-13-20(4)16-17-28-22-15-7-6-14-21(22)23-24-26-27(5)25-23/h6-7,10,12,14-16H,8-9,11,13,17H2,1-5H3/b19-12+,20-16+. The van der Waals surface area contributed by atoms with Gasteiger partial charge in [-0.2, -0.15) is 4.80 Å². The van der Waals surface area contributed by atoms with Crippen molar-refractivity contribution in [3.63, 3.8) is 0 Å². The fraction of sp³-hybridized carbons (Fsp3) is 0.435. The van der Waals surface area contributed by atoms with Crippen LogP contribution in [0.3, 0.4) is 0 Å². The van der Waals surface area contributed by atoms with Gasteiger partial charge in [0.05, 0.1) is 7.05 Å². The summed E-state index contributed by atoms with van der Waals surface area (Å²) in [6.07, 6.45) is 11.6. The molecule has 0 saturated carbocycles. The highest BCUT2D eigenvalue weighted by atomic mass is 32.2. The molecule has 0 spiro atoms. The molecular weight excluding hydrogens is 364 g/mol. The molecule has 0 unspecified atom stereocenters. The van der Waals surface area contributed by atoms with E-state index in [1.54, 1.807) is 7.05 Å². The molecule has 0 amide bonds. The number of benzene rings is 1. The van der Waals surface area contributed by atoms with Gasteiger partial charge in [-0.05, 0) is 70.7 Å². The summed E-state index contributed by atoms with van der Waals surface area (Å²) in [5.74, 6) is 1.63. The Morgan fingerprint density at radius 1 is 0.964 bits per heavy atom. The van der Waals surface area contributed by atoms with Gasteiger partial charge >= 0.3 is 0 Å². The Morgan fingerprint density at radius 2 is 1.64 bits per heavy atom. The normalized spacial score (nSPS) is 12.3. The van der Waals surface area contributed by atoms with Crippen molar-refractivity contribution in [3.8, 4) is 11.4 Å². The molecule has 5 heteroatoms. The third kappa shape index (κ3) is 7.85. The predicted molar refractivity (Wildman–Crippen MR) is 120 cm³/mol. The maximum atomic E-state index is 4.33. The first kappa shape index (κ1) is 22.2. The van der Waals surface area contributed by atoms with Gasteiger partial charge in [0.2, 0.25) is 5.82 Å². The lowest BCUT2D eigenvalue weighted by molar-refractivity contribution is 0.630. The maximum Gasteiger partial charge on any atom is 0.206 e. The van der Waals surface area contributed by atoms with Crippen molar-refractivity contribution in [2.75, 3.05) is 5.75 Å². The lowest BCUT2D eigenvalue weighted by atomic mass is 10.1. The van der Waals surface area contributed by atoms with Gasteiger partial charge in [0.15, 0.2) is 0 Å². The minimum Gasteiger partial charge on any atom is -0.167 e. The monoisotopic (exact) mass is 396 g/mol. The molecule has 1 aromatic carbocycles. The van der Waals surface area contributed by atoms with Crippen LogP contribution in [0, 0.1) is 0 Å². The first-order valence-electron chi connectivity index (χ1n) is 9.86. The summed E-state index contributed by atoms with van der Waals surface area (Å²) in [6, 6.07) is 8.25. The Bertz CT molecular complexity index is 842. The lowest BCUT2D eigenvalue weighted by Crippen LogP contribution is -1.92. The maximum absolute atomic E-state index is 4.33. The summed E-state index contributed by atoms with van der Waals surface area (Å²) in [4.78, 5) is 2.69. The highest BCUT2D eigenvalue weighted by Gasteiger charge is 2.09. The van der Waals surface area contributed by atoms with Crippen LogP contribution in [0.5, 0.6) is 0 Å². The number of allylic oxidation sites excluding steroid dienone is 5. The van der Waals surface area contributed by atoms with Crippen LogP contribution in [-0.4, -0.2) is 26.0 Å². The molecule has 0 bridgehead atoms. The number of rotatable bonds is 10. The van der Waals surface area contributed by atoms with Crippen molar-refractivity contribution < 1.29 is 0 Å². The van der Waals surface area contributed by atoms with Gasteiger partial charge in [-0.3, -0.25) is 0 Å². The molecule has 0 aliphatic carbocycles. The van der Waals surface area contributed by atoms with E-state index in [9.17, 15) is 0 Å². The molecule has 2 aromatic rings. The molecule has 0 radical (unpaired) electrons. The average Bonchev–Trinajstić information content (AvgIpc) is 3.08. The van der Waals surface area contributed by atoms with E-state index < -0.39 is 0 Å². The molecular formula is C23H32N4S. The van der Waals surface area contributed by atoms with Gasteiger partial charge in [0.1, 0.15) is 0 Å². The Morgan fingerprint density at radius 3 is 2.32 bits per heavy atom. The first-order valence-corrected chi connectivity index (χ1v) is 10.8. The Balaban J connectivity index is 1.82. The summed E-state index contributed by atoms with van der Waals surface area (Å²) in [7, 11) is 1.79. The Kier molecular flexibility index (Phi) is 9.21. The molecule has 0 saturated heterocycles. The van der Waals surface area contributed by atoms with Gasteiger partial charge in [0, 0.05) is 16.2 Å². The van der Waals surface area contributed by atoms with Gasteiger partial charge < -0.3 is 0 Å². The van der Waals surface area contributed by atoms with Gasteiger partial charge in [-0.1, -0.05) is 47.1 Å². The molecule has 0 fully saturated rings. The topological polar surface area (TPSA) is 43.6 Å². The van der Waals surface area contributed by atoms with E-state index in [4.69, 9.17) is 0 Å². The van der Waals surface area contributed by atoms with Crippen LogP contribution in [0.2, 0.25) is 0 Å². The summed E-state index contributed by atoms with van der Waals surface area (Å²) in [6.45, 7) is 8.79. The first-order chi connectivity index (χ1) is 13.5. The minimum atomic E-state index is 0.681. The van der Waals surface area contributed by atoms with Crippen LogP contribution in [0.1, 0.15) is 53.4 Å². The third-order valence-electron chi connectivity index (χ3n) is 4.43. The lowest BCUT2D eigenvalue weighted by Gasteiger charge is -2.05. The van der Waals surface area contributed by atoms with Crippen molar-refractivity contribution in [1.82, 2.24) is 20.2 Å². The van der Waals surface area contributed by atoms with E-state index in [1.165, 1.54) is 26.4 Å². The average molecular weight is 397 g/mol. The molecule has 150 valence electrons. The molecule has 28 heavy (non-hydrogen) atoms. The second-order valence-corrected chi connectivity index (χ2v) is 8.43. The summed E-state index contributed by atoms with van der Waals surface area (Å²) >= 11 is 1.82. The van der Waals surface area contributed by atoms with Crippen LogP contribution in [-0.2, 0) is 7.05 Å². The predicted octanol–water partition coefficient (Wildman–Crippen LogP) is 6.39. The van der Waals surface area contributed by atoms with Crippen molar-refractivity contribution in [2.45, 2.75) is 58.3 Å². The minimum absolute atomic E-state index is 0.681. The number of nitrogens with zero attached hydrogens (tertiary/aromatic N) is 4. The second-order valence-electron chi connectivity index (χ2n) is 7.37. The van der Waals surface area contributed by atoms with Crippen LogP contribution in [0.25, 0.3) is 11.4 Å². The van der Waals surface area contributed by atoms with Crippen molar-refractivity contribution >= 4 is 11.8 Å². The number of aromatic nitrogens is 4. The zero-order chi connectivity index (χ0) is 20.4. The van der Waals surface area contributed by atoms with Gasteiger partial charge in [-0.15, -0.1) is 22.0 Å². The quantitative estimate of drug-likeness (QED) is 0.345. The van der Waals surface area contributed by atoms with Gasteiger partial charge in [-0.25, -0.2) is 0 Å². The van der Waals surface area contributed by atoms with Crippen LogP contribution in [0.4, 0.5) is 0 Å². The zero-order valence-corrected chi connectivity index (χ0v) is 18.6. The largest absolute Gasteiger partial charge is 0.206 e. The summed E-state index contributed by atoms with van der Waals surface area (Å²) in [5.41, 5.74) is 5.38. The van der Waals surface area contributed by atoms with Crippen LogP contribution < -0.4 is 0 Å². The van der Waals surface area contributed by atoms with E-state index in [-0.39, 0.29) is 0 Å². The van der Waals surface area contributed by atoms with E-state index >= 15 is 0 Å². The van der Waals surface area contributed by atoms with E-state index in [1.807, 2.05) is 17.8 Å². The highest BCUT2D eigenvalue weighted by Crippen LogP contribution is 2.29. The zero-order valence-electron chi connectivity index (χ0n) is 17.8. The smallest absolute Gasteiger partial charge is 0.167 e. The molecule has 1 aromatic heterocycles. The number of hydrogen-bond acceptors (Lipinski definition) is 4. The number of tetrazole rings is 1. The molecule has 0 aliphatic rings. The highest BCUT2D eigenvalue weighted by molar-refractivity contribution is 7.99. The van der Waals surface area contributed by atoms with Crippen molar-refractivity contribution in [3.05, 3.63) is 59.2 Å². The van der Waals surface area contributed by atoms with Gasteiger partial charge in [0.25, 0.3) is 0 Å². The van der Waals surface area contributed by atoms with Crippen LogP contribution >= 0.6 is 11.8 Å². The van der Waals surface area contributed by atoms with Crippen molar-refractivity contribution in [2.24, 2.45) is 7.05 Å². The molecule has 4 nitrogen and oxygen atoms in total. The Hall–Kier alpha value is -2.14. The molecule has 0 atom stereocenters. The Labute approximate surface area is 173 Å². The molecule has 0 N–H and O–H groups in total. The number of aryl methyl sites for hydroxylation is 1. The summed E-state index contributed by atoms with van der Waals surface area (Å²) in [5, 5.41) is 12.4. The number of thioether (sulfide) groups is 1. The summed E-state index contributed by atoms with van der Waals surface area (Å²) < 4.78 is 0. The SMILES string of the molecule is CC(C)=CCC/C(C)=C/CC/C(C)=C/CSc1ccccc1-c1nnn(C)n1. The molecule has 0 aliphatic heterocycles. The van der Waals surface area contributed by atoms with Crippen LogP contribution in [0.15, 0.2) is 64.1 Å². The van der Waals surface area contributed by atoms with E-state index in [0.717, 1.165) is 37.0 Å². The fourth-order valence-electron chi connectivity index (χ4n) is 2.78. The van der Waals surface area contributed by atoms with Crippen molar-refractivity contribution in [1.29, 1.82) is 0 Å². The number of hydrogen-bond donors (Lipinski definition) is 0. The third-order valence-corrected chi connectivity index (χ3v) is 5.43. The second kappa shape index (κ2) is 11.6. The molecule has 2 rings (SSSR count). The molecule has 1 heterocycles. The fourth-order valence-corrected chi connectivity index (χ4v) is 3.82. The van der Waals surface area contributed by atoms with E-state index in [0.29, 0.717) is 5.82 Å². The van der Waals surface area contributed by atoms with E-state index in [2.05, 4.69) is 79.5 Å².